The van der Waals surface area contributed by atoms with Crippen molar-refractivity contribution >= 4 is 17.0 Å². The fraction of sp³-hybridized carbons (Fsp3) is 0.448. The van der Waals surface area contributed by atoms with E-state index in [2.05, 4.69) is 20.3 Å². The quantitative estimate of drug-likeness (QED) is 0.234. The normalized spacial score (nSPS) is 17.0. The van der Waals surface area contributed by atoms with Crippen molar-refractivity contribution in [2.45, 2.75) is 51.2 Å². The van der Waals surface area contributed by atoms with Crippen molar-refractivity contribution in [2.24, 2.45) is 5.92 Å². The minimum atomic E-state index is -2.35. The SMILES string of the molecule is COc1ccc(CN(Cc2ccc(OC)cc2OC)c2ncnc3c2nnn3C2CCCC(C(F)F)C2)c(OC)c1. The molecule has 0 spiro atoms. The highest BCUT2D eigenvalue weighted by Crippen LogP contribution is 2.38. The van der Waals surface area contributed by atoms with E-state index in [0.29, 0.717) is 72.3 Å². The Bertz CT molecular complexity index is 1430. The Morgan fingerprint density at radius 2 is 1.51 bits per heavy atom. The molecule has 0 bridgehead atoms. The molecule has 0 aliphatic heterocycles. The van der Waals surface area contributed by atoms with Gasteiger partial charge in [-0.15, -0.1) is 5.10 Å². The third-order valence-electron chi connectivity index (χ3n) is 7.64. The van der Waals surface area contributed by atoms with E-state index in [-0.39, 0.29) is 6.04 Å². The average Bonchev–Trinajstić information content (AvgIpc) is 3.45. The minimum Gasteiger partial charge on any atom is -0.497 e. The van der Waals surface area contributed by atoms with Crippen LogP contribution in [0.3, 0.4) is 0 Å². The third-order valence-corrected chi connectivity index (χ3v) is 7.64. The number of methoxy groups -OCH3 is 4. The van der Waals surface area contributed by atoms with E-state index >= 15 is 0 Å². The second-order valence-electron chi connectivity index (χ2n) is 10.0. The Kier molecular flexibility index (Phi) is 8.65. The van der Waals surface area contributed by atoms with Gasteiger partial charge in [0.05, 0.1) is 34.5 Å². The van der Waals surface area contributed by atoms with E-state index in [9.17, 15) is 8.78 Å². The number of anilines is 1. The zero-order valence-electron chi connectivity index (χ0n) is 23.6. The van der Waals surface area contributed by atoms with Crippen LogP contribution in [0, 0.1) is 5.92 Å². The van der Waals surface area contributed by atoms with E-state index in [0.717, 1.165) is 17.5 Å². The molecule has 2 aromatic heterocycles. The van der Waals surface area contributed by atoms with Crippen LogP contribution >= 0.6 is 0 Å². The molecule has 12 heteroatoms. The molecule has 5 rings (SSSR count). The van der Waals surface area contributed by atoms with Gasteiger partial charge >= 0.3 is 0 Å². The maximum atomic E-state index is 13.5. The Balaban J connectivity index is 1.56. The van der Waals surface area contributed by atoms with E-state index in [4.69, 9.17) is 18.9 Å². The van der Waals surface area contributed by atoms with Crippen LogP contribution in [-0.2, 0) is 13.1 Å². The van der Waals surface area contributed by atoms with Crippen LogP contribution in [0.4, 0.5) is 14.6 Å². The van der Waals surface area contributed by atoms with Gasteiger partial charge in [-0.2, -0.15) is 0 Å². The van der Waals surface area contributed by atoms with Gasteiger partial charge in [0.2, 0.25) is 6.43 Å². The number of rotatable bonds is 11. The van der Waals surface area contributed by atoms with Gasteiger partial charge in [0, 0.05) is 42.3 Å². The lowest BCUT2D eigenvalue weighted by molar-refractivity contribution is 0.0424. The van der Waals surface area contributed by atoms with Gasteiger partial charge < -0.3 is 23.8 Å². The maximum absolute atomic E-state index is 13.5. The van der Waals surface area contributed by atoms with Gasteiger partial charge in [-0.05, 0) is 43.5 Å². The van der Waals surface area contributed by atoms with Gasteiger partial charge in [0.25, 0.3) is 0 Å². The van der Waals surface area contributed by atoms with Crippen LogP contribution in [0.15, 0.2) is 42.7 Å². The van der Waals surface area contributed by atoms with Gasteiger partial charge in [0.1, 0.15) is 29.3 Å². The minimum absolute atomic E-state index is 0.202. The van der Waals surface area contributed by atoms with Crippen LogP contribution < -0.4 is 23.8 Å². The Morgan fingerprint density at radius 3 is 2.07 bits per heavy atom. The number of nitrogens with zero attached hydrogens (tertiary/aromatic N) is 6. The number of hydrogen-bond acceptors (Lipinski definition) is 9. The highest BCUT2D eigenvalue weighted by atomic mass is 19.3. The second-order valence-corrected chi connectivity index (χ2v) is 10.0. The standard InChI is InChI=1S/C29H34F2N6O4/c1-38-22-10-8-19(24(13-22)40-3)15-36(16-20-9-11-23(39-2)14-25(20)41-4)28-26-29(33-17-32-28)37(35-34-26)21-7-5-6-18(12-21)27(30)31/h8-11,13-14,17-18,21,27H,5-7,12,15-16H2,1-4H3. The summed E-state index contributed by atoms with van der Waals surface area (Å²) in [6.45, 7) is 0.802. The molecule has 2 unspecified atom stereocenters. The lowest BCUT2D eigenvalue weighted by Crippen LogP contribution is -2.25. The highest BCUT2D eigenvalue weighted by Gasteiger charge is 2.31. The largest absolute Gasteiger partial charge is 0.497 e. The van der Waals surface area contributed by atoms with Gasteiger partial charge in [-0.1, -0.05) is 11.6 Å². The molecule has 2 atom stereocenters. The monoisotopic (exact) mass is 568 g/mol. The molecule has 1 fully saturated rings. The average molecular weight is 569 g/mol. The van der Waals surface area contributed by atoms with Crippen molar-refractivity contribution in [1.29, 1.82) is 0 Å². The molecule has 0 N–H and O–H groups in total. The van der Waals surface area contributed by atoms with Crippen molar-refractivity contribution in [3.8, 4) is 23.0 Å². The first-order chi connectivity index (χ1) is 19.9. The first-order valence-electron chi connectivity index (χ1n) is 13.5. The summed E-state index contributed by atoms with van der Waals surface area (Å²) in [5.41, 5.74) is 2.80. The van der Waals surface area contributed by atoms with Crippen LogP contribution in [0.25, 0.3) is 11.2 Å². The summed E-state index contributed by atoms with van der Waals surface area (Å²) in [6, 6.07) is 11.1. The van der Waals surface area contributed by atoms with Crippen LogP contribution in [0.5, 0.6) is 23.0 Å². The fourth-order valence-electron chi connectivity index (χ4n) is 5.46. The lowest BCUT2D eigenvalue weighted by Gasteiger charge is -2.28. The predicted octanol–water partition coefficient (Wildman–Crippen LogP) is 5.46. The molecule has 0 amide bonds. The topological polar surface area (TPSA) is 96.7 Å². The van der Waals surface area contributed by atoms with Crippen molar-refractivity contribution < 1.29 is 27.7 Å². The molecule has 1 aliphatic carbocycles. The molecule has 1 aliphatic rings. The number of ether oxygens (including phenoxy) is 4. The fourth-order valence-corrected chi connectivity index (χ4v) is 5.46. The van der Waals surface area contributed by atoms with Crippen LogP contribution in [0.1, 0.15) is 42.9 Å². The van der Waals surface area contributed by atoms with E-state index in [1.807, 2.05) is 41.3 Å². The van der Waals surface area contributed by atoms with Gasteiger partial charge in [0.15, 0.2) is 17.0 Å². The lowest BCUT2D eigenvalue weighted by atomic mass is 9.86. The summed E-state index contributed by atoms with van der Waals surface area (Å²) in [6.07, 6.45) is 1.42. The molecular formula is C29H34F2N6O4. The Labute approximate surface area is 237 Å². The van der Waals surface area contributed by atoms with Crippen molar-refractivity contribution in [3.05, 3.63) is 53.9 Å². The number of aromatic nitrogens is 5. The first kappa shape index (κ1) is 28.3. The number of alkyl halides is 2. The summed E-state index contributed by atoms with van der Waals surface area (Å²) in [7, 11) is 6.43. The van der Waals surface area contributed by atoms with Gasteiger partial charge in [-0.3, -0.25) is 0 Å². The number of hydrogen-bond donors (Lipinski definition) is 0. The zero-order valence-corrected chi connectivity index (χ0v) is 23.6. The molecular weight excluding hydrogens is 534 g/mol. The van der Waals surface area contributed by atoms with E-state index in [1.54, 1.807) is 33.1 Å². The molecule has 218 valence electrons. The molecule has 2 heterocycles. The molecule has 0 saturated heterocycles. The van der Waals surface area contributed by atoms with Crippen molar-refractivity contribution in [3.63, 3.8) is 0 Å². The summed E-state index contributed by atoms with van der Waals surface area (Å²) in [5.74, 6) is 2.57. The molecule has 41 heavy (non-hydrogen) atoms. The summed E-state index contributed by atoms with van der Waals surface area (Å²) >= 11 is 0. The van der Waals surface area contributed by atoms with Gasteiger partial charge in [-0.25, -0.2) is 23.4 Å². The number of benzene rings is 2. The number of halogens is 2. The number of fused-ring (bicyclic) bond motifs is 1. The van der Waals surface area contributed by atoms with E-state index in [1.165, 1.54) is 6.33 Å². The third kappa shape index (κ3) is 5.96. The van der Waals surface area contributed by atoms with Crippen molar-refractivity contribution in [1.82, 2.24) is 25.0 Å². The zero-order chi connectivity index (χ0) is 28.9. The van der Waals surface area contributed by atoms with E-state index < -0.39 is 12.3 Å². The first-order valence-corrected chi connectivity index (χ1v) is 13.5. The summed E-state index contributed by atoms with van der Waals surface area (Å²) < 4.78 is 50.9. The predicted molar refractivity (Wildman–Crippen MR) is 149 cm³/mol. The maximum Gasteiger partial charge on any atom is 0.241 e. The summed E-state index contributed by atoms with van der Waals surface area (Å²) in [4.78, 5) is 11.2. The summed E-state index contributed by atoms with van der Waals surface area (Å²) in [5, 5.41) is 8.86. The highest BCUT2D eigenvalue weighted by molar-refractivity contribution is 5.82. The van der Waals surface area contributed by atoms with Crippen LogP contribution in [-0.4, -0.2) is 59.8 Å². The van der Waals surface area contributed by atoms with Crippen LogP contribution in [0.2, 0.25) is 0 Å². The Morgan fingerprint density at radius 1 is 0.878 bits per heavy atom. The molecule has 10 nitrogen and oxygen atoms in total. The second kappa shape index (κ2) is 12.5. The smallest absolute Gasteiger partial charge is 0.241 e. The van der Waals surface area contributed by atoms with Crippen molar-refractivity contribution in [2.75, 3.05) is 33.3 Å². The molecule has 0 radical (unpaired) electrons. The molecule has 4 aromatic rings. The molecule has 2 aromatic carbocycles. The Hall–Kier alpha value is -4.22. The molecule has 1 saturated carbocycles.